The monoisotopic (exact) mass is 476 g/mol. The molecule has 34 heavy (non-hydrogen) atoms. The fourth-order valence-corrected chi connectivity index (χ4v) is 10.4. The van der Waals surface area contributed by atoms with Crippen molar-refractivity contribution in [2.75, 3.05) is 0 Å². The van der Waals surface area contributed by atoms with Crippen molar-refractivity contribution >= 4 is 0 Å². The van der Waals surface area contributed by atoms with Crippen molar-refractivity contribution in [2.24, 2.45) is 45.3 Å². The van der Waals surface area contributed by atoms with Crippen molar-refractivity contribution < 1.29 is 20.4 Å². The van der Waals surface area contributed by atoms with E-state index in [4.69, 9.17) is 0 Å². The van der Waals surface area contributed by atoms with Gasteiger partial charge >= 0.3 is 0 Å². The zero-order chi connectivity index (χ0) is 25.5. The molecule has 11 atom stereocenters. The van der Waals surface area contributed by atoms with Gasteiger partial charge in [0.2, 0.25) is 0 Å². The number of aliphatic hydroxyl groups is 4. The average Bonchev–Trinajstić information content (AvgIpc) is 3.09. The summed E-state index contributed by atoms with van der Waals surface area (Å²) in [5, 5.41) is 46.2. The summed E-state index contributed by atoms with van der Waals surface area (Å²) in [5.41, 5.74) is -0.143. The molecule has 0 aromatic carbocycles. The Hall–Kier alpha value is -0.420. The van der Waals surface area contributed by atoms with Crippen LogP contribution in [0.5, 0.6) is 0 Å². The highest BCUT2D eigenvalue weighted by molar-refractivity contribution is 5.22. The van der Waals surface area contributed by atoms with E-state index in [1.165, 1.54) is 5.57 Å². The summed E-state index contributed by atoms with van der Waals surface area (Å²) in [6.45, 7) is 17.6. The molecule has 4 aliphatic rings. The summed E-state index contributed by atoms with van der Waals surface area (Å²) in [6.07, 6.45) is 7.40. The summed E-state index contributed by atoms with van der Waals surface area (Å²) in [6, 6.07) is 0. The summed E-state index contributed by atoms with van der Waals surface area (Å²) in [7, 11) is 0. The lowest BCUT2D eigenvalue weighted by Gasteiger charge is -2.71. The van der Waals surface area contributed by atoms with E-state index >= 15 is 0 Å². The highest BCUT2D eigenvalue weighted by Crippen LogP contribution is 2.75. The first-order valence-electron chi connectivity index (χ1n) is 13.9. The maximum Gasteiger partial charge on any atom is 0.0840 e. The molecule has 0 amide bonds. The summed E-state index contributed by atoms with van der Waals surface area (Å²) < 4.78 is 0. The molecule has 196 valence electrons. The van der Waals surface area contributed by atoms with Crippen LogP contribution in [0.25, 0.3) is 0 Å². The number of allylic oxidation sites excluding steroid dienone is 2. The molecule has 0 aromatic heterocycles. The first-order chi connectivity index (χ1) is 15.5. The Morgan fingerprint density at radius 1 is 0.882 bits per heavy atom. The minimum absolute atomic E-state index is 0.00357. The van der Waals surface area contributed by atoms with Crippen molar-refractivity contribution in [3.8, 4) is 0 Å². The van der Waals surface area contributed by atoms with E-state index in [1.54, 1.807) is 0 Å². The molecular formula is C30H52O4. The number of fused-ring (bicyclic) bond motifs is 5. The quantitative estimate of drug-likeness (QED) is 0.406. The van der Waals surface area contributed by atoms with Crippen molar-refractivity contribution in [3.63, 3.8) is 0 Å². The van der Waals surface area contributed by atoms with E-state index in [9.17, 15) is 20.4 Å². The molecule has 4 rings (SSSR count). The molecule has 11 unspecified atom stereocenters. The Bertz CT molecular complexity index is 813. The van der Waals surface area contributed by atoms with Gasteiger partial charge in [-0.15, -0.1) is 0 Å². The zero-order valence-corrected chi connectivity index (χ0v) is 23.1. The Labute approximate surface area is 208 Å². The zero-order valence-electron chi connectivity index (χ0n) is 23.1. The summed E-state index contributed by atoms with van der Waals surface area (Å²) >= 11 is 0. The van der Waals surface area contributed by atoms with E-state index in [2.05, 4.69) is 54.5 Å². The molecule has 4 nitrogen and oxygen atoms in total. The van der Waals surface area contributed by atoms with Crippen LogP contribution < -0.4 is 0 Å². The van der Waals surface area contributed by atoms with E-state index in [-0.39, 0.29) is 45.5 Å². The highest BCUT2D eigenvalue weighted by Gasteiger charge is 2.73. The Morgan fingerprint density at radius 2 is 1.50 bits per heavy atom. The molecule has 4 heteroatoms. The third kappa shape index (κ3) is 3.52. The molecular weight excluding hydrogens is 424 g/mol. The molecule has 0 heterocycles. The predicted octanol–water partition coefficient (Wildman–Crippen LogP) is 5.47. The summed E-state index contributed by atoms with van der Waals surface area (Å²) in [5.74, 6) is 0.206. The SMILES string of the molecule is CC(C)=CCCC(C)(O)C1CCC2(C)C1C(O)C(O)C1C3(C)CCC(O)C(C)(C)C3CCC12C. The van der Waals surface area contributed by atoms with Crippen LogP contribution in [0.2, 0.25) is 0 Å². The molecule has 4 saturated carbocycles. The van der Waals surface area contributed by atoms with Crippen LogP contribution in [0.1, 0.15) is 107 Å². The van der Waals surface area contributed by atoms with Gasteiger partial charge < -0.3 is 20.4 Å². The van der Waals surface area contributed by atoms with Gasteiger partial charge in [-0.3, -0.25) is 0 Å². The smallest absolute Gasteiger partial charge is 0.0840 e. The van der Waals surface area contributed by atoms with Gasteiger partial charge in [-0.25, -0.2) is 0 Å². The average molecular weight is 477 g/mol. The van der Waals surface area contributed by atoms with E-state index in [1.807, 2.05) is 6.92 Å². The van der Waals surface area contributed by atoms with E-state index in [0.717, 1.165) is 44.9 Å². The topological polar surface area (TPSA) is 80.9 Å². The Morgan fingerprint density at radius 3 is 2.12 bits per heavy atom. The van der Waals surface area contributed by atoms with Crippen LogP contribution in [0.15, 0.2) is 11.6 Å². The molecule has 4 aliphatic carbocycles. The Kier molecular flexibility index (Phi) is 6.50. The first-order valence-corrected chi connectivity index (χ1v) is 13.9. The highest BCUT2D eigenvalue weighted by atomic mass is 16.3. The van der Waals surface area contributed by atoms with Crippen molar-refractivity contribution in [2.45, 2.75) is 131 Å². The third-order valence-corrected chi connectivity index (χ3v) is 12.4. The fourth-order valence-electron chi connectivity index (χ4n) is 10.4. The van der Waals surface area contributed by atoms with E-state index < -0.39 is 17.8 Å². The number of aliphatic hydroxyl groups excluding tert-OH is 3. The normalized spacial score (nSPS) is 51.6. The number of hydrogen-bond acceptors (Lipinski definition) is 4. The van der Waals surface area contributed by atoms with Crippen molar-refractivity contribution in [3.05, 3.63) is 11.6 Å². The molecule has 0 saturated heterocycles. The molecule has 4 fully saturated rings. The Balaban J connectivity index is 1.71. The van der Waals surface area contributed by atoms with Gasteiger partial charge in [0.25, 0.3) is 0 Å². The molecule has 0 aliphatic heterocycles. The largest absolute Gasteiger partial charge is 0.393 e. The van der Waals surface area contributed by atoms with Crippen LogP contribution in [-0.4, -0.2) is 44.3 Å². The molecule has 0 aromatic rings. The second-order valence-electron chi connectivity index (χ2n) is 14.6. The van der Waals surface area contributed by atoms with Crippen LogP contribution in [0.3, 0.4) is 0 Å². The van der Waals surface area contributed by atoms with Gasteiger partial charge in [-0.05, 0) is 117 Å². The fraction of sp³-hybridized carbons (Fsp3) is 0.933. The number of rotatable bonds is 4. The maximum absolute atomic E-state index is 11.9. The van der Waals surface area contributed by atoms with Gasteiger partial charge in [0, 0.05) is 0 Å². The minimum Gasteiger partial charge on any atom is -0.393 e. The van der Waals surface area contributed by atoms with Gasteiger partial charge in [-0.1, -0.05) is 46.3 Å². The van der Waals surface area contributed by atoms with E-state index in [0.29, 0.717) is 12.3 Å². The molecule has 4 N–H and O–H groups in total. The summed E-state index contributed by atoms with van der Waals surface area (Å²) in [4.78, 5) is 0. The first kappa shape index (κ1) is 26.6. The van der Waals surface area contributed by atoms with Gasteiger partial charge in [0.15, 0.2) is 0 Å². The standard InChI is InChI=1S/C30H52O4/c1-18(2)10-9-14-30(8,34)19-11-16-28(6)22(19)23(32)24(33)25-27(5)15-13-21(31)26(3,4)20(27)12-17-29(25,28)7/h10,19-25,31-34H,9,11-17H2,1-8H3. The molecule has 0 bridgehead atoms. The van der Waals surface area contributed by atoms with Crippen LogP contribution >= 0.6 is 0 Å². The lowest BCUT2D eigenvalue weighted by Crippen LogP contribution is -2.71. The number of hydrogen-bond donors (Lipinski definition) is 4. The van der Waals surface area contributed by atoms with Gasteiger partial charge in [0.05, 0.1) is 23.9 Å². The minimum atomic E-state index is -0.865. The van der Waals surface area contributed by atoms with Crippen molar-refractivity contribution in [1.82, 2.24) is 0 Å². The van der Waals surface area contributed by atoms with Gasteiger partial charge in [-0.2, -0.15) is 0 Å². The van der Waals surface area contributed by atoms with Crippen LogP contribution in [0, 0.1) is 45.3 Å². The molecule has 0 spiro atoms. The lowest BCUT2D eigenvalue weighted by molar-refractivity contribution is -0.284. The van der Waals surface area contributed by atoms with Crippen LogP contribution in [-0.2, 0) is 0 Å². The predicted molar refractivity (Wildman–Crippen MR) is 137 cm³/mol. The third-order valence-electron chi connectivity index (χ3n) is 12.4. The molecule has 0 radical (unpaired) electrons. The van der Waals surface area contributed by atoms with Crippen molar-refractivity contribution in [1.29, 1.82) is 0 Å². The lowest BCUT2D eigenvalue weighted by atomic mass is 9.34. The maximum atomic E-state index is 11.9. The van der Waals surface area contributed by atoms with Crippen LogP contribution in [0.4, 0.5) is 0 Å². The second-order valence-corrected chi connectivity index (χ2v) is 14.6. The van der Waals surface area contributed by atoms with Gasteiger partial charge in [0.1, 0.15) is 0 Å². The second kappa shape index (κ2) is 8.30.